The second kappa shape index (κ2) is 3.75. The van der Waals surface area contributed by atoms with Crippen LogP contribution in [0.5, 0.6) is 0 Å². The maximum atomic E-state index is 8.93. The van der Waals surface area contributed by atoms with Crippen LogP contribution in [0.25, 0.3) is 10.7 Å². The molecule has 2 rings (SSSR count). The molecule has 2 aromatic heterocycles. The largest absolute Gasteiger partial charge is 0.360 e. The van der Waals surface area contributed by atoms with E-state index in [1.807, 2.05) is 36.5 Å². The zero-order valence-corrected chi connectivity index (χ0v) is 9.30. The summed E-state index contributed by atoms with van der Waals surface area (Å²) in [6.45, 7) is 0. The smallest absolute Gasteiger partial charge is 0.165 e. The van der Waals surface area contributed by atoms with Crippen molar-refractivity contribution in [2.24, 2.45) is 0 Å². The first-order valence-corrected chi connectivity index (χ1v) is 5.31. The summed E-state index contributed by atoms with van der Waals surface area (Å²) in [5.41, 5.74) is 0.503. The van der Waals surface area contributed by atoms with Crippen LogP contribution in [0.4, 0.5) is 5.82 Å². The van der Waals surface area contributed by atoms with Crippen LogP contribution in [0.2, 0.25) is 0 Å². The fraction of sp³-hybridized carbons (Fsp3) is 0.200. The SMILES string of the molecule is CN(C)c1nc(-c2cccs2)[nH]c1C#N. The summed E-state index contributed by atoms with van der Waals surface area (Å²) in [6.07, 6.45) is 0. The van der Waals surface area contributed by atoms with Gasteiger partial charge in [-0.1, -0.05) is 6.07 Å². The minimum atomic E-state index is 0.503. The molecule has 0 spiro atoms. The first-order valence-electron chi connectivity index (χ1n) is 4.43. The number of nitriles is 1. The summed E-state index contributed by atoms with van der Waals surface area (Å²) < 4.78 is 0. The molecule has 5 heteroatoms. The van der Waals surface area contributed by atoms with Gasteiger partial charge in [-0.15, -0.1) is 11.3 Å². The Morgan fingerprint density at radius 2 is 2.33 bits per heavy atom. The van der Waals surface area contributed by atoms with Crippen LogP contribution in [-0.2, 0) is 0 Å². The molecule has 0 aromatic carbocycles. The Bertz CT molecular complexity index is 490. The zero-order valence-electron chi connectivity index (χ0n) is 8.48. The van der Waals surface area contributed by atoms with Crippen LogP contribution in [0.3, 0.4) is 0 Å². The summed E-state index contributed by atoms with van der Waals surface area (Å²) in [7, 11) is 3.74. The van der Waals surface area contributed by atoms with Crippen molar-refractivity contribution in [3.8, 4) is 16.8 Å². The highest BCUT2D eigenvalue weighted by molar-refractivity contribution is 7.13. The van der Waals surface area contributed by atoms with E-state index in [4.69, 9.17) is 5.26 Å². The van der Waals surface area contributed by atoms with Crippen LogP contribution in [0.1, 0.15) is 5.69 Å². The van der Waals surface area contributed by atoms with Crippen LogP contribution >= 0.6 is 11.3 Å². The van der Waals surface area contributed by atoms with Gasteiger partial charge in [-0.05, 0) is 11.4 Å². The van der Waals surface area contributed by atoms with Gasteiger partial charge in [-0.3, -0.25) is 0 Å². The molecule has 15 heavy (non-hydrogen) atoms. The lowest BCUT2D eigenvalue weighted by Crippen LogP contribution is -2.10. The second-order valence-electron chi connectivity index (χ2n) is 3.27. The molecule has 0 fully saturated rings. The van der Waals surface area contributed by atoms with Crippen molar-refractivity contribution in [2.75, 3.05) is 19.0 Å². The molecular weight excluding hydrogens is 208 g/mol. The fourth-order valence-corrected chi connectivity index (χ4v) is 1.96. The Labute approximate surface area is 91.8 Å². The lowest BCUT2D eigenvalue weighted by Gasteiger charge is -2.06. The number of aromatic amines is 1. The maximum absolute atomic E-state index is 8.93. The molecule has 0 bridgehead atoms. The van der Waals surface area contributed by atoms with Crippen molar-refractivity contribution in [2.45, 2.75) is 0 Å². The van der Waals surface area contributed by atoms with Gasteiger partial charge in [0.05, 0.1) is 4.88 Å². The van der Waals surface area contributed by atoms with Gasteiger partial charge in [0.15, 0.2) is 17.3 Å². The molecule has 2 heterocycles. The van der Waals surface area contributed by atoms with Crippen molar-refractivity contribution in [1.82, 2.24) is 9.97 Å². The summed E-state index contributed by atoms with van der Waals surface area (Å²) >= 11 is 1.60. The predicted octanol–water partition coefficient (Wildman–Crippen LogP) is 2.08. The van der Waals surface area contributed by atoms with Gasteiger partial charge >= 0.3 is 0 Å². The van der Waals surface area contributed by atoms with Gasteiger partial charge in [-0.2, -0.15) is 5.26 Å². The number of H-pyrrole nitrogens is 1. The summed E-state index contributed by atoms with van der Waals surface area (Å²) in [5, 5.41) is 10.9. The molecule has 0 aliphatic rings. The molecule has 4 nitrogen and oxygen atoms in total. The average Bonchev–Trinajstić information content (AvgIpc) is 2.86. The predicted molar refractivity (Wildman–Crippen MR) is 60.9 cm³/mol. The van der Waals surface area contributed by atoms with Crippen LogP contribution in [0.15, 0.2) is 17.5 Å². The number of thiophene rings is 1. The van der Waals surface area contributed by atoms with Crippen molar-refractivity contribution in [3.63, 3.8) is 0 Å². The molecule has 0 aliphatic heterocycles. The fourth-order valence-electron chi connectivity index (χ4n) is 1.30. The highest BCUT2D eigenvalue weighted by Crippen LogP contribution is 2.25. The average molecular weight is 218 g/mol. The molecule has 2 aromatic rings. The molecule has 0 radical (unpaired) electrons. The van der Waals surface area contributed by atoms with E-state index in [9.17, 15) is 0 Å². The van der Waals surface area contributed by atoms with Crippen molar-refractivity contribution in [1.29, 1.82) is 5.26 Å². The number of aromatic nitrogens is 2. The van der Waals surface area contributed by atoms with Crippen LogP contribution in [0, 0.1) is 11.3 Å². The first-order chi connectivity index (χ1) is 7.22. The zero-order chi connectivity index (χ0) is 10.8. The third-order valence-electron chi connectivity index (χ3n) is 1.97. The Hall–Kier alpha value is -1.80. The molecule has 1 N–H and O–H groups in total. The van der Waals surface area contributed by atoms with Crippen LogP contribution in [-0.4, -0.2) is 24.1 Å². The van der Waals surface area contributed by atoms with E-state index in [0.717, 1.165) is 10.7 Å². The van der Waals surface area contributed by atoms with Gasteiger partial charge in [0, 0.05) is 14.1 Å². The third-order valence-corrected chi connectivity index (χ3v) is 2.85. The number of anilines is 1. The van der Waals surface area contributed by atoms with E-state index in [1.165, 1.54) is 0 Å². The topological polar surface area (TPSA) is 55.7 Å². The second-order valence-corrected chi connectivity index (χ2v) is 4.22. The molecule has 0 amide bonds. The van der Waals surface area contributed by atoms with E-state index in [0.29, 0.717) is 11.5 Å². The minimum absolute atomic E-state index is 0.503. The maximum Gasteiger partial charge on any atom is 0.165 e. The number of hydrogen-bond donors (Lipinski definition) is 1. The minimum Gasteiger partial charge on any atom is -0.360 e. The monoisotopic (exact) mass is 218 g/mol. The highest BCUT2D eigenvalue weighted by Gasteiger charge is 2.12. The first kappa shape index (κ1) is 9.74. The molecule has 0 atom stereocenters. The van der Waals surface area contributed by atoms with Gasteiger partial charge in [0.2, 0.25) is 0 Å². The van der Waals surface area contributed by atoms with Gasteiger partial charge in [-0.25, -0.2) is 4.98 Å². The lowest BCUT2D eigenvalue weighted by atomic mass is 10.4. The standard InChI is InChI=1S/C10H10N4S/c1-14(2)10-7(6-11)12-9(13-10)8-4-3-5-15-8/h3-5H,1-2H3,(H,12,13). The Kier molecular flexibility index (Phi) is 2.44. The van der Waals surface area contributed by atoms with E-state index in [1.54, 1.807) is 11.3 Å². The highest BCUT2D eigenvalue weighted by atomic mass is 32.1. The van der Waals surface area contributed by atoms with Gasteiger partial charge in [0.1, 0.15) is 6.07 Å². The Balaban J connectivity index is 2.49. The Morgan fingerprint density at radius 3 is 2.80 bits per heavy atom. The van der Waals surface area contributed by atoms with E-state index in [-0.39, 0.29) is 0 Å². The number of nitrogens with zero attached hydrogens (tertiary/aromatic N) is 3. The van der Waals surface area contributed by atoms with Gasteiger partial charge in [0.25, 0.3) is 0 Å². The van der Waals surface area contributed by atoms with E-state index < -0.39 is 0 Å². The summed E-state index contributed by atoms with van der Waals surface area (Å²) in [4.78, 5) is 10.3. The molecule has 0 aliphatic carbocycles. The van der Waals surface area contributed by atoms with Crippen molar-refractivity contribution >= 4 is 17.2 Å². The Morgan fingerprint density at radius 1 is 1.53 bits per heavy atom. The normalized spacial score (nSPS) is 9.93. The van der Waals surface area contributed by atoms with Crippen molar-refractivity contribution in [3.05, 3.63) is 23.2 Å². The molecule has 0 saturated heterocycles. The molecule has 0 saturated carbocycles. The van der Waals surface area contributed by atoms with Crippen LogP contribution < -0.4 is 4.90 Å². The molecule has 0 unspecified atom stereocenters. The number of hydrogen-bond acceptors (Lipinski definition) is 4. The number of rotatable bonds is 2. The lowest BCUT2D eigenvalue weighted by molar-refractivity contribution is 1.08. The number of nitrogens with one attached hydrogen (secondary N) is 1. The third kappa shape index (κ3) is 1.72. The van der Waals surface area contributed by atoms with E-state index in [2.05, 4.69) is 16.0 Å². The molecular formula is C10H10N4S. The summed E-state index contributed by atoms with van der Waals surface area (Å²) in [5.74, 6) is 1.44. The molecule has 76 valence electrons. The number of imidazole rings is 1. The summed E-state index contributed by atoms with van der Waals surface area (Å²) in [6, 6.07) is 6.04. The van der Waals surface area contributed by atoms with Crippen molar-refractivity contribution < 1.29 is 0 Å². The van der Waals surface area contributed by atoms with Gasteiger partial charge < -0.3 is 9.88 Å². The van der Waals surface area contributed by atoms with E-state index >= 15 is 0 Å². The quantitative estimate of drug-likeness (QED) is 0.839.